The van der Waals surface area contributed by atoms with Crippen LogP contribution in [0.1, 0.15) is 47.2 Å². The first-order chi connectivity index (χ1) is 29.0. The molecule has 9 aromatic carbocycles. The van der Waals surface area contributed by atoms with E-state index >= 15 is 0 Å². The Balaban J connectivity index is 1.19. The molecule has 0 fully saturated rings. The van der Waals surface area contributed by atoms with Crippen LogP contribution in [-0.2, 0) is 10.8 Å². The fourth-order valence-electron chi connectivity index (χ4n) is 10.2. The third-order valence-electron chi connectivity index (χ3n) is 13.0. The first kappa shape index (κ1) is 35.0. The molecular weight excluding hydrogens is 711 g/mol. The molecule has 0 aliphatic heterocycles. The van der Waals surface area contributed by atoms with Crippen LogP contribution in [-0.4, -0.2) is 0 Å². The molecule has 59 heavy (non-hydrogen) atoms. The predicted molar refractivity (Wildman–Crippen MR) is 247 cm³/mol. The smallest absolute Gasteiger partial charge is 0.0714 e. The van der Waals surface area contributed by atoms with E-state index in [1.807, 2.05) is 0 Å². The molecule has 0 amide bonds. The minimum absolute atomic E-state index is 0.144. The Labute approximate surface area is 347 Å². The van der Waals surface area contributed by atoms with Crippen molar-refractivity contribution in [2.75, 3.05) is 4.90 Å². The average Bonchev–Trinajstić information content (AvgIpc) is 3.73. The molecule has 0 atom stereocenters. The van der Waals surface area contributed by atoms with Gasteiger partial charge in [-0.2, -0.15) is 0 Å². The zero-order valence-corrected chi connectivity index (χ0v) is 33.3. The number of nitrogens with zero attached hydrogens (tertiary/aromatic N) is 1. The van der Waals surface area contributed by atoms with E-state index < -0.39 is 5.41 Å². The zero-order valence-electron chi connectivity index (χ0n) is 33.3. The highest BCUT2D eigenvalue weighted by Crippen LogP contribution is 2.58. The quantitative estimate of drug-likeness (QED) is 0.157. The van der Waals surface area contributed by atoms with Crippen LogP contribution in [0.5, 0.6) is 0 Å². The number of benzene rings is 9. The van der Waals surface area contributed by atoms with E-state index in [4.69, 9.17) is 0 Å². The van der Waals surface area contributed by atoms with Gasteiger partial charge in [-0.1, -0.05) is 202 Å². The van der Waals surface area contributed by atoms with E-state index in [-0.39, 0.29) is 5.41 Å². The molecule has 0 saturated heterocycles. The van der Waals surface area contributed by atoms with Gasteiger partial charge in [0.25, 0.3) is 0 Å². The summed E-state index contributed by atoms with van der Waals surface area (Å²) in [4.78, 5) is 2.49. The number of hydrogen-bond donors (Lipinski definition) is 0. The molecule has 2 aliphatic rings. The van der Waals surface area contributed by atoms with Crippen molar-refractivity contribution in [2.45, 2.75) is 24.7 Å². The Morgan fingerprint density at radius 2 is 0.678 bits per heavy atom. The summed E-state index contributed by atoms with van der Waals surface area (Å²) in [6.45, 7) is 4.74. The van der Waals surface area contributed by atoms with Crippen molar-refractivity contribution >= 4 is 17.1 Å². The minimum Gasteiger partial charge on any atom is -0.310 e. The van der Waals surface area contributed by atoms with Gasteiger partial charge in [-0.05, 0) is 114 Å². The molecule has 0 heterocycles. The Morgan fingerprint density at radius 3 is 1.25 bits per heavy atom. The van der Waals surface area contributed by atoms with Crippen LogP contribution in [0.2, 0.25) is 0 Å². The second-order valence-corrected chi connectivity index (χ2v) is 16.5. The van der Waals surface area contributed by atoms with Crippen molar-refractivity contribution in [1.29, 1.82) is 0 Å². The van der Waals surface area contributed by atoms with Crippen LogP contribution < -0.4 is 4.90 Å². The SMILES string of the molecule is CC1(C)c2ccccc2-c2ccc(N(c3ccc(-c4ccccc4)c(-c4ccccc4)c3)c3ccc4c(c3)C(c3ccccc3)(c3ccccc3)c3ccccc3-4)cc21. The number of fused-ring (bicyclic) bond motifs is 6. The lowest BCUT2D eigenvalue weighted by Crippen LogP contribution is -2.28. The summed E-state index contributed by atoms with van der Waals surface area (Å²) in [6, 6.07) is 83.0. The molecule has 11 rings (SSSR count). The molecule has 9 aromatic rings. The minimum atomic E-state index is -0.510. The van der Waals surface area contributed by atoms with Crippen LogP contribution in [0.4, 0.5) is 17.1 Å². The van der Waals surface area contributed by atoms with Crippen molar-refractivity contribution in [3.8, 4) is 44.5 Å². The molecule has 0 unspecified atom stereocenters. The molecule has 2 aliphatic carbocycles. The second-order valence-electron chi connectivity index (χ2n) is 16.5. The van der Waals surface area contributed by atoms with Gasteiger partial charge in [0.2, 0.25) is 0 Å². The molecule has 280 valence electrons. The Bertz CT molecular complexity index is 2960. The maximum atomic E-state index is 2.49. The third kappa shape index (κ3) is 5.39. The maximum Gasteiger partial charge on any atom is 0.0714 e. The van der Waals surface area contributed by atoms with Gasteiger partial charge in [-0.15, -0.1) is 0 Å². The van der Waals surface area contributed by atoms with Gasteiger partial charge in [-0.25, -0.2) is 0 Å². The summed E-state index contributed by atoms with van der Waals surface area (Å²) in [5, 5.41) is 0. The topological polar surface area (TPSA) is 3.24 Å². The van der Waals surface area contributed by atoms with Gasteiger partial charge in [0.1, 0.15) is 0 Å². The fraction of sp³-hybridized carbons (Fsp3) is 0.0690. The van der Waals surface area contributed by atoms with E-state index in [9.17, 15) is 0 Å². The Hall–Kier alpha value is -7.22. The highest BCUT2D eigenvalue weighted by atomic mass is 15.1. The average molecular weight is 754 g/mol. The van der Waals surface area contributed by atoms with Crippen LogP contribution >= 0.6 is 0 Å². The lowest BCUT2D eigenvalue weighted by Gasteiger charge is -2.35. The summed E-state index contributed by atoms with van der Waals surface area (Å²) in [5.74, 6) is 0. The van der Waals surface area contributed by atoms with Gasteiger partial charge >= 0.3 is 0 Å². The van der Waals surface area contributed by atoms with E-state index in [2.05, 4.69) is 243 Å². The number of anilines is 3. The summed E-state index contributed by atoms with van der Waals surface area (Å²) in [5.41, 5.74) is 20.6. The molecule has 0 aromatic heterocycles. The predicted octanol–water partition coefficient (Wildman–Crippen LogP) is 15.2. The molecule has 1 nitrogen and oxygen atoms in total. The fourth-order valence-corrected chi connectivity index (χ4v) is 10.2. The monoisotopic (exact) mass is 753 g/mol. The van der Waals surface area contributed by atoms with E-state index in [1.54, 1.807) is 0 Å². The van der Waals surface area contributed by atoms with Crippen LogP contribution in [0.15, 0.2) is 224 Å². The molecule has 0 radical (unpaired) electrons. The summed E-state index contributed by atoms with van der Waals surface area (Å²) in [7, 11) is 0. The normalized spacial score (nSPS) is 13.9. The van der Waals surface area contributed by atoms with E-state index in [0.717, 1.165) is 17.1 Å². The third-order valence-corrected chi connectivity index (χ3v) is 13.0. The van der Waals surface area contributed by atoms with Crippen molar-refractivity contribution in [1.82, 2.24) is 0 Å². The van der Waals surface area contributed by atoms with Gasteiger partial charge in [-0.3, -0.25) is 0 Å². The zero-order chi connectivity index (χ0) is 39.6. The van der Waals surface area contributed by atoms with Gasteiger partial charge in [0.15, 0.2) is 0 Å². The molecule has 1 heteroatoms. The standard InChI is InChI=1S/C58H43N/c1-57(2)53-29-17-15-27-48(53)50-35-32-45(38-55(50)57)59(44-31-34-47(40-19-7-3-8-20-40)52(37-44)41-21-9-4-10-22-41)46-33-36-51-49-28-16-18-30-54(49)58(56(51)39-46,42-23-11-5-12-24-42)43-25-13-6-14-26-43/h3-39H,1-2H3. The molecule has 0 saturated carbocycles. The van der Waals surface area contributed by atoms with Crippen molar-refractivity contribution in [3.05, 3.63) is 258 Å². The van der Waals surface area contributed by atoms with Gasteiger partial charge in [0.05, 0.1) is 5.41 Å². The highest BCUT2D eigenvalue weighted by Gasteiger charge is 2.46. The number of hydrogen-bond acceptors (Lipinski definition) is 1. The van der Waals surface area contributed by atoms with Gasteiger partial charge in [0, 0.05) is 22.5 Å². The molecule has 0 spiro atoms. The molecule has 0 bridgehead atoms. The van der Waals surface area contributed by atoms with Crippen molar-refractivity contribution in [2.24, 2.45) is 0 Å². The highest BCUT2D eigenvalue weighted by molar-refractivity contribution is 5.93. The Kier molecular flexibility index (Phi) is 8.13. The first-order valence-electron chi connectivity index (χ1n) is 20.7. The molecular formula is C58H43N. The van der Waals surface area contributed by atoms with Crippen LogP contribution in [0.3, 0.4) is 0 Å². The first-order valence-corrected chi connectivity index (χ1v) is 20.7. The summed E-state index contributed by atoms with van der Waals surface area (Å²) < 4.78 is 0. The lowest BCUT2D eigenvalue weighted by molar-refractivity contribution is 0.660. The maximum absolute atomic E-state index is 2.49. The largest absolute Gasteiger partial charge is 0.310 e. The lowest BCUT2D eigenvalue weighted by atomic mass is 9.67. The molecule has 0 N–H and O–H groups in total. The van der Waals surface area contributed by atoms with Crippen LogP contribution in [0, 0.1) is 0 Å². The Morgan fingerprint density at radius 1 is 0.288 bits per heavy atom. The number of rotatable bonds is 7. The van der Waals surface area contributed by atoms with E-state index in [1.165, 1.54) is 77.9 Å². The van der Waals surface area contributed by atoms with Gasteiger partial charge < -0.3 is 4.90 Å². The van der Waals surface area contributed by atoms with E-state index in [0.29, 0.717) is 0 Å². The summed E-state index contributed by atoms with van der Waals surface area (Å²) in [6.07, 6.45) is 0. The van der Waals surface area contributed by atoms with Crippen LogP contribution in [0.25, 0.3) is 44.5 Å². The summed E-state index contributed by atoms with van der Waals surface area (Å²) >= 11 is 0. The van der Waals surface area contributed by atoms with Crippen molar-refractivity contribution in [3.63, 3.8) is 0 Å². The van der Waals surface area contributed by atoms with Crippen molar-refractivity contribution < 1.29 is 0 Å². The second kappa shape index (κ2) is 13.7.